The van der Waals surface area contributed by atoms with E-state index in [1.807, 2.05) is 0 Å². The van der Waals surface area contributed by atoms with Crippen LogP contribution in [0.3, 0.4) is 0 Å². The molecular weight excluding hydrogens is 342 g/mol. The molecule has 6 heteroatoms. The van der Waals surface area contributed by atoms with E-state index in [0.717, 1.165) is 12.8 Å². The number of carbonyl (C=O) groups excluding carboxylic acids is 1. The number of hydrogen-bond donors (Lipinski definition) is 1. The molecular formula is C21H27N3O3. The van der Waals surface area contributed by atoms with Gasteiger partial charge in [-0.15, -0.1) is 0 Å². The van der Waals surface area contributed by atoms with Crippen molar-refractivity contribution in [2.75, 3.05) is 27.7 Å². The Balaban J connectivity index is 1.78. The summed E-state index contributed by atoms with van der Waals surface area (Å²) in [5.74, 6) is 0.552. The molecule has 1 amide bonds. The molecule has 1 aliphatic carbocycles. The molecule has 0 bridgehead atoms. The number of methoxy groups -OCH3 is 1. The van der Waals surface area contributed by atoms with Crippen molar-refractivity contribution in [2.45, 2.75) is 31.2 Å². The first-order valence-electron chi connectivity index (χ1n) is 9.28. The zero-order chi connectivity index (χ0) is 19.4. The Morgan fingerprint density at radius 1 is 1.15 bits per heavy atom. The number of hydrogen-bond acceptors (Lipinski definition) is 4. The third-order valence-corrected chi connectivity index (χ3v) is 5.58. The molecule has 6 nitrogen and oxygen atoms in total. The van der Waals surface area contributed by atoms with E-state index in [0.29, 0.717) is 23.5 Å². The second-order valence-corrected chi connectivity index (χ2v) is 7.33. The van der Waals surface area contributed by atoms with Crippen molar-refractivity contribution in [3.05, 3.63) is 58.5 Å². The van der Waals surface area contributed by atoms with Gasteiger partial charge in [-0.1, -0.05) is 12.8 Å². The van der Waals surface area contributed by atoms with Crippen LogP contribution in [0.4, 0.5) is 0 Å². The Morgan fingerprint density at radius 2 is 1.81 bits per heavy atom. The summed E-state index contributed by atoms with van der Waals surface area (Å²) in [6, 6.07) is 10.2. The number of nitrogens with one attached hydrogen (secondary N) is 1. The highest BCUT2D eigenvalue weighted by Gasteiger charge is 2.36. The van der Waals surface area contributed by atoms with E-state index in [1.54, 1.807) is 43.6 Å². The van der Waals surface area contributed by atoms with Crippen molar-refractivity contribution in [3.63, 3.8) is 0 Å². The number of aromatic nitrogens is 1. The quantitative estimate of drug-likeness (QED) is 0.850. The Kier molecular flexibility index (Phi) is 5.65. The summed E-state index contributed by atoms with van der Waals surface area (Å²) in [4.78, 5) is 27.2. The van der Waals surface area contributed by atoms with Gasteiger partial charge in [-0.05, 0) is 57.3 Å². The molecule has 0 atom stereocenters. The molecule has 144 valence electrons. The van der Waals surface area contributed by atoms with Gasteiger partial charge in [0, 0.05) is 30.0 Å². The van der Waals surface area contributed by atoms with Crippen molar-refractivity contribution >= 4 is 5.91 Å². The van der Waals surface area contributed by atoms with Gasteiger partial charge >= 0.3 is 0 Å². The minimum atomic E-state index is -0.183. The van der Waals surface area contributed by atoms with Crippen LogP contribution < -0.4 is 15.6 Å². The van der Waals surface area contributed by atoms with Crippen LogP contribution in [-0.4, -0.2) is 48.7 Å². The molecule has 1 aromatic heterocycles. The molecule has 1 N–H and O–H groups in total. The maximum absolute atomic E-state index is 12.7. The lowest BCUT2D eigenvalue weighted by Crippen LogP contribution is -2.50. The standard InChI is InChI=1S/C21H27N3O3/c1-23(2)21(12-4-5-13-21)15-22-20(26)16-6-11-19(25)24(14-16)17-7-9-18(27-3)10-8-17/h6-11,14H,4-5,12-13,15H2,1-3H3,(H,22,26). The molecule has 3 rings (SSSR count). The van der Waals surface area contributed by atoms with Gasteiger partial charge < -0.3 is 15.0 Å². The highest BCUT2D eigenvalue weighted by Crippen LogP contribution is 2.33. The van der Waals surface area contributed by atoms with Crippen LogP contribution in [0.25, 0.3) is 5.69 Å². The maximum Gasteiger partial charge on any atom is 0.255 e. The van der Waals surface area contributed by atoms with Crippen LogP contribution >= 0.6 is 0 Å². The highest BCUT2D eigenvalue weighted by molar-refractivity contribution is 5.94. The van der Waals surface area contributed by atoms with Crippen molar-refractivity contribution in [1.82, 2.24) is 14.8 Å². The Morgan fingerprint density at radius 3 is 2.41 bits per heavy atom. The molecule has 1 heterocycles. The Labute approximate surface area is 159 Å². The molecule has 2 aromatic rings. The van der Waals surface area contributed by atoms with Gasteiger partial charge in [0.2, 0.25) is 0 Å². The van der Waals surface area contributed by atoms with Crippen LogP contribution in [0.5, 0.6) is 5.75 Å². The van der Waals surface area contributed by atoms with Gasteiger partial charge in [0.1, 0.15) is 5.75 Å². The number of pyridine rings is 1. The zero-order valence-electron chi connectivity index (χ0n) is 16.2. The van der Waals surface area contributed by atoms with Gasteiger partial charge in [-0.3, -0.25) is 14.2 Å². The zero-order valence-corrected chi connectivity index (χ0v) is 16.2. The fourth-order valence-electron chi connectivity index (χ4n) is 3.73. The summed E-state index contributed by atoms with van der Waals surface area (Å²) >= 11 is 0. The first-order chi connectivity index (χ1) is 12.9. The van der Waals surface area contributed by atoms with Gasteiger partial charge in [0.15, 0.2) is 0 Å². The number of likely N-dealkylation sites (N-methyl/N-ethyl adjacent to an activating group) is 1. The second-order valence-electron chi connectivity index (χ2n) is 7.33. The van der Waals surface area contributed by atoms with Crippen LogP contribution in [0.15, 0.2) is 47.4 Å². The fourth-order valence-corrected chi connectivity index (χ4v) is 3.73. The first-order valence-corrected chi connectivity index (χ1v) is 9.28. The summed E-state index contributed by atoms with van der Waals surface area (Å²) in [6.07, 6.45) is 6.15. The van der Waals surface area contributed by atoms with E-state index < -0.39 is 0 Å². The van der Waals surface area contributed by atoms with E-state index in [9.17, 15) is 9.59 Å². The van der Waals surface area contributed by atoms with Crippen molar-refractivity contribution < 1.29 is 9.53 Å². The molecule has 0 aliphatic heterocycles. The van der Waals surface area contributed by atoms with E-state index >= 15 is 0 Å². The van der Waals surface area contributed by atoms with Gasteiger partial charge in [0.05, 0.1) is 12.7 Å². The Bertz CT molecular complexity index is 850. The minimum Gasteiger partial charge on any atom is -0.497 e. The average molecular weight is 369 g/mol. The molecule has 0 spiro atoms. The fraction of sp³-hybridized carbons (Fsp3) is 0.429. The predicted molar refractivity (Wildman–Crippen MR) is 106 cm³/mol. The topological polar surface area (TPSA) is 63.6 Å². The molecule has 0 radical (unpaired) electrons. The molecule has 1 fully saturated rings. The highest BCUT2D eigenvalue weighted by atomic mass is 16.5. The maximum atomic E-state index is 12.7. The Hall–Kier alpha value is -2.60. The monoisotopic (exact) mass is 369 g/mol. The smallest absolute Gasteiger partial charge is 0.255 e. The number of ether oxygens (including phenoxy) is 1. The number of rotatable bonds is 6. The molecule has 1 saturated carbocycles. The first kappa shape index (κ1) is 19.2. The van der Waals surface area contributed by atoms with E-state index in [2.05, 4.69) is 24.3 Å². The molecule has 27 heavy (non-hydrogen) atoms. The van der Waals surface area contributed by atoms with E-state index in [4.69, 9.17) is 4.74 Å². The van der Waals surface area contributed by atoms with Gasteiger partial charge in [0.25, 0.3) is 11.5 Å². The third kappa shape index (κ3) is 4.06. The molecule has 1 aliphatic rings. The van der Waals surface area contributed by atoms with Crippen LogP contribution in [-0.2, 0) is 0 Å². The number of amides is 1. The lowest BCUT2D eigenvalue weighted by molar-refractivity contribution is 0.0899. The lowest BCUT2D eigenvalue weighted by atomic mass is 9.96. The van der Waals surface area contributed by atoms with Crippen LogP contribution in [0.2, 0.25) is 0 Å². The molecule has 0 saturated heterocycles. The number of nitrogens with zero attached hydrogens (tertiary/aromatic N) is 2. The normalized spacial score (nSPS) is 15.7. The molecule has 0 unspecified atom stereocenters. The second kappa shape index (κ2) is 7.96. The van der Waals surface area contributed by atoms with Gasteiger partial charge in [-0.25, -0.2) is 0 Å². The number of benzene rings is 1. The summed E-state index contributed by atoms with van der Waals surface area (Å²) in [7, 11) is 5.74. The summed E-state index contributed by atoms with van der Waals surface area (Å²) < 4.78 is 6.63. The predicted octanol–water partition coefficient (Wildman–Crippen LogP) is 2.45. The minimum absolute atomic E-state index is 0.0279. The average Bonchev–Trinajstić information content (AvgIpc) is 3.17. The summed E-state index contributed by atoms with van der Waals surface area (Å²) in [5.41, 5.74) is 1.01. The van der Waals surface area contributed by atoms with E-state index in [1.165, 1.54) is 23.5 Å². The van der Waals surface area contributed by atoms with Gasteiger partial charge in [-0.2, -0.15) is 0 Å². The van der Waals surface area contributed by atoms with Crippen molar-refractivity contribution in [1.29, 1.82) is 0 Å². The molecule has 1 aromatic carbocycles. The third-order valence-electron chi connectivity index (χ3n) is 5.58. The van der Waals surface area contributed by atoms with Crippen LogP contribution in [0.1, 0.15) is 36.0 Å². The largest absolute Gasteiger partial charge is 0.497 e. The van der Waals surface area contributed by atoms with E-state index in [-0.39, 0.29) is 17.0 Å². The number of carbonyl (C=O) groups is 1. The lowest BCUT2D eigenvalue weighted by Gasteiger charge is -2.36. The summed E-state index contributed by atoms with van der Waals surface area (Å²) in [5, 5.41) is 3.06. The summed E-state index contributed by atoms with van der Waals surface area (Å²) in [6.45, 7) is 0.612. The SMILES string of the molecule is COc1ccc(-n2cc(C(=O)NCC3(N(C)C)CCCC3)ccc2=O)cc1. The van der Waals surface area contributed by atoms with Crippen molar-refractivity contribution in [2.24, 2.45) is 0 Å². The van der Waals surface area contributed by atoms with Crippen LogP contribution in [0, 0.1) is 0 Å². The van der Waals surface area contributed by atoms with Crippen molar-refractivity contribution in [3.8, 4) is 11.4 Å².